The van der Waals surface area contributed by atoms with Crippen LogP contribution in [0.5, 0.6) is 0 Å². The van der Waals surface area contributed by atoms with Crippen molar-refractivity contribution in [2.75, 3.05) is 19.6 Å². The number of carbonyl (C=O) groups excluding carboxylic acids is 1. The largest absolute Gasteiger partial charge is 0.328 e. The molecule has 0 bridgehead atoms. The maximum Gasteiger partial charge on any atom is 0.254 e. The van der Waals surface area contributed by atoms with Crippen molar-refractivity contribution in [2.45, 2.75) is 37.6 Å². The van der Waals surface area contributed by atoms with Gasteiger partial charge in [0.15, 0.2) is 11.5 Å². The van der Waals surface area contributed by atoms with Gasteiger partial charge >= 0.3 is 0 Å². The Kier molecular flexibility index (Phi) is 6.00. The molecule has 3 aromatic rings. The van der Waals surface area contributed by atoms with E-state index in [2.05, 4.69) is 10.2 Å². The molecule has 8 nitrogen and oxygen atoms in total. The third kappa shape index (κ3) is 3.81. The van der Waals surface area contributed by atoms with Crippen molar-refractivity contribution >= 4 is 33.2 Å². The second-order valence-corrected chi connectivity index (χ2v) is 9.69. The average Bonchev–Trinajstić information content (AvgIpc) is 3.41. The van der Waals surface area contributed by atoms with Crippen molar-refractivity contribution in [2.24, 2.45) is 0 Å². The second kappa shape index (κ2) is 8.57. The van der Waals surface area contributed by atoms with Crippen LogP contribution in [0.2, 0.25) is 5.02 Å². The van der Waals surface area contributed by atoms with Gasteiger partial charge in [0.2, 0.25) is 10.0 Å². The fraction of sp³-hybridized carbons (Fsp3) is 0.381. The molecule has 1 saturated heterocycles. The first kappa shape index (κ1) is 21.7. The Balaban J connectivity index is 1.69. The minimum Gasteiger partial charge on any atom is -0.328 e. The van der Waals surface area contributed by atoms with E-state index in [1.807, 2.05) is 28.8 Å². The molecule has 0 saturated carbocycles. The third-order valence-electron chi connectivity index (χ3n) is 5.65. The van der Waals surface area contributed by atoms with Crippen LogP contribution in [0.4, 0.5) is 0 Å². The summed E-state index contributed by atoms with van der Waals surface area (Å²) in [6, 6.07) is 9.84. The molecule has 164 valence electrons. The molecule has 0 radical (unpaired) electrons. The first-order valence-electron chi connectivity index (χ1n) is 10.3. The van der Waals surface area contributed by atoms with Crippen LogP contribution in [0.25, 0.3) is 5.65 Å². The quantitative estimate of drug-likeness (QED) is 0.561. The second-order valence-electron chi connectivity index (χ2n) is 7.38. The molecule has 2 aromatic heterocycles. The van der Waals surface area contributed by atoms with Gasteiger partial charge in [0, 0.05) is 31.4 Å². The lowest BCUT2D eigenvalue weighted by Crippen LogP contribution is -2.33. The van der Waals surface area contributed by atoms with Crippen LogP contribution >= 0.6 is 11.6 Å². The molecule has 1 amide bonds. The Morgan fingerprint density at radius 1 is 1.19 bits per heavy atom. The zero-order valence-electron chi connectivity index (χ0n) is 17.4. The molecule has 1 fully saturated rings. The molecular formula is C21H24ClN5O3S. The van der Waals surface area contributed by atoms with Crippen LogP contribution in [0.1, 0.15) is 48.9 Å². The lowest BCUT2D eigenvalue weighted by Gasteiger charge is -2.24. The van der Waals surface area contributed by atoms with Gasteiger partial charge in [0.05, 0.1) is 11.1 Å². The predicted octanol–water partition coefficient (Wildman–Crippen LogP) is 3.39. The number of carbonyl (C=O) groups is 1. The van der Waals surface area contributed by atoms with Crippen molar-refractivity contribution in [3.63, 3.8) is 0 Å². The number of likely N-dealkylation sites (tertiary alicyclic amines) is 1. The summed E-state index contributed by atoms with van der Waals surface area (Å²) in [5, 5.41) is 8.62. The molecule has 10 heteroatoms. The Morgan fingerprint density at radius 2 is 1.97 bits per heavy atom. The van der Waals surface area contributed by atoms with E-state index >= 15 is 0 Å². The molecule has 1 aromatic carbocycles. The molecular weight excluding hydrogens is 438 g/mol. The smallest absolute Gasteiger partial charge is 0.254 e. The zero-order chi connectivity index (χ0) is 22.2. The van der Waals surface area contributed by atoms with Gasteiger partial charge in [-0.2, -0.15) is 4.31 Å². The van der Waals surface area contributed by atoms with Gasteiger partial charge in [-0.25, -0.2) is 8.42 Å². The number of pyridine rings is 1. The highest BCUT2D eigenvalue weighted by atomic mass is 35.5. The Labute approximate surface area is 186 Å². The van der Waals surface area contributed by atoms with Crippen molar-refractivity contribution in [3.05, 3.63) is 59.0 Å². The van der Waals surface area contributed by atoms with Crippen molar-refractivity contribution in [3.8, 4) is 0 Å². The average molecular weight is 462 g/mol. The van der Waals surface area contributed by atoms with E-state index in [0.717, 1.165) is 18.5 Å². The summed E-state index contributed by atoms with van der Waals surface area (Å²) in [5.74, 6) is 0.453. The van der Waals surface area contributed by atoms with E-state index in [1.165, 1.54) is 16.4 Å². The van der Waals surface area contributed by atoms with E-state index in [9.17, 15) is 13.2 Å². The molecule has 3 heterocycles. The number of fused-ring (bicyclic) bond motifs is 1. The summed E-state index contributed by atoms with van der Waals surface area (Å²) in [4.78, 5) is 15.1. The standard InChI is InChI=1S/C21H24ClN5O3S/c1-3-25(4-2)31(29,30)18-14-15(10-11-16(18)22)21(28)26-13-7-8-17(26)20-24-23-19-9-5-6-12-27(19)20/h5-6,9-12,14,17H,3-4,7-8,13H2,1-2H3. The maximum absolute atomic E-state index is 13.4. The molecule has 31 heavy (non-hydrogen) atoms. The summed E-state index contributed by atoms with van der Waals surface area (Å²) < 4.78 is 29.2. The fourth-order valence-corrected chi connectivity index (χ4v) is 6.03. The minimum atomic E-state index is -3.79. The van der Waals surface area contributed by atoms with Gasteiger partial charge < -0.3 is 4.90 Å². The van der Waals surface area contributed by atoms with Gasteiger partial charge in [-0.1, -0.05) is 31.5 Å². The molecule has 0 N–H and O–H groups in total. The van der Waals surface area contributed by atoms with Crippen LogP contribution in [0.15, 0.2) is 47.5 Å². The lowest BCUT2D eigenvalue weighted by atomic mass is 10.1. The Hall–Kier alpha value is -2.49. The Bertz CT molecular complexity index is 1220. The van der Waals surface area contributed by atoms with E-state index in [1.54, 1.807) is 24.8 Å². The first-order chi connectivity index (χ1) is 14.9. The first-order valence-corrected chi connectivity index (χ1v) is 12.1. The van der Waals surface area contributed by atoms with Crippen LogP contribution in [0.3, 0.4) is 0 Å². The highest BCUT2D eigenvalue weighted by molar-refractivity contribution is 7.89. The van der Waals surface area contributed by atoms with Gasteiger partial charge in [-0.05, 0) is 43.2 Å². The minimum absolute atomic E-state index is 0.0487. The van der Waals surface area contributed by atoms with Gasteiger partial charge in [0.25, 0.3) is 5.91 Å². The van der Waals surface area contributed by atoms with E-state index in [0.29, 0.717) is 25.5 Å². The summed E-state index contributed by atoms with van der Waals surface area (Å²) in [6.07, 6.45) is 3.47. The van der Waals surface area contributed by atoms with Crippen LogP contribution in [0, 0.1) is 0 Å². The van der Waals surface area contributed by atoms with Crippen molar-refractivity contribution in [1.82, 2.24) is 23.8 Å². The third-order valence-corrected chi connectivity index (χ3v) is 8.18. The zero-order valence-corrected chi connectivity index (χ0v) is 19.0. The number of hydrogen-bond acceptors (Lipinski definition) is 5. The lowest BCUT2D eigenvalue weighted by molar-refractivity contribution is 0.0729. The molecule has 4 rings (SSSR count). The number of nitrogens with zero attached hydrogens (tertiary/aromatic N) is 5. The molecule has 0 aliphatic carbocycles. The molecule has 1 aliphatic heterocycles. The van der Waals surface area contributed by atoms with Gasteiger partial charge in [0.1, 0.15) is 4.90 Å². The number of rotatable bonds is 6. The van der Waals surface area contributed by atoms with Crippen LogP contribution in [-0.4, -0.2) is 57.8 Å². The summed E-state index contributed by atoms with van der Waals surface area (Å²) in [6.45, 7) is 4.73. The number of amides is 1. The number of halogens is 1. The number of benzene rings is 1. The van der Waals surface area contributed by atoms with Gasteiger partial charge in [-0.3, -0.25) is 9.20 Å². The molecule has 1 unspecified atom stereocenters. The summed E-state index contributed by atoms with van der Waals surface area (Å²) in [5.41, 5.74) is 1.01. The summed E-state index contributed by atoms with van der Waals surface area (Å²) >= 11 is 6.23. The van der Waals surface area contributed by atoms with Crippen LogP contribution in [-0.2, 0) is 10.0 Å². The Morgan fingerprint density at radius 3 is 2.71 bits per heavy atom. The SMILES string of the molecule is CCN(CC)S(=O)(=O)c1cc(C(=O)N2CCCC2c2nnc3ccccn23)ccc1Cl. The van der Waals surface area contributed by atoms with E-state index in [-0.39, 0.29) is 27.4 Å². The topological polar surface area (TPSA) is 87.9 Å². The fourth-order valence-electron chi connectivity index (χ4n) is 4.07. The molecule has 1 aliphatic rings. The normalized spacial score (nSPS) is 17.0. The number of hydrogen-bond donors (Lipinski definition) is 0. The monoisotopic (exact) mass is 461 g/mol. The van der Waals surface area contributed by atoms with Crippen molar-refractivity contribution < 1.29 is 13.2 Å². The van der Waals surface area contributed by atoms with Crippen LogP contribution < -0.4 is 0 Å². The molecule has 1 atom stereocenters. The maximum atomic E-state index is 13.4. The highest BCUT2D eigenvalue weighted by Gasteiger charge is 2.34. The van der Waals surface area contributed by atoms with Gasteiger partial charge in [-0.15, -0.1) is 10.2 Å². The molecule has 0 spiro atoms. The number of sulfonamides is 1. The van der Waals surface area contributed by atoms with E-state index in [4.69, 9.17) is 11.6 Å². The van der Waals surface area contributed by atoms with E-state index < -0.39 is 10.0 Å². The number of aromatic nitrogens is 3. The van der Waals surface area contributed by atoms with Crippen molar-refractivity contribution in [1.29, 1.82) is 0 Å². The summed E-state index contributed by atoms with van der Waals surface area (Å²) in [7, 11) is -3.79. The highest BCUT2D eigenvalue weighted by Crippen LogP contribution is 2.33. The predicted molar refractivity (Wildman–Crippen MR) is 118 cm³/mol.